The van der Waals surface area contributed by atoms with Gasteiger partial charge in [-0.25, -0.2) is 9.78 Å². The molecule has 1 fully saturated rings. The SMILES string of the molecule is CCC1(c2ccc(Cl)cc2)NC(=O)N(CC(=O)Nc2cccc(-c3csc(C)n3)c2)C1=O. The summed E-state index contributed by atoms with van der Waals surface area (Å²) in [5.41, 5.74) is 1.66. The highest BCUT2D eigenvalue weighted by molar-refractivity contribution is 7.09. The number of benzene rings is 2. The number of hydrogen-bond acceptors (Lipinski definition) is 5. The molecule has 0 saturated carbocycles. The van der Waals surface area contributed by atoms with E-state index in [1.165, 1.54) is 0 Å². The first-order valence-electron chi connectivity index (χ1n) is 10.0. The first-order chi connectivity index (χ1) is 15.3. The van der Waals surface area contributed by atoms with Crippen LogP contribution in [0.4, 0.5) is 10.5 Å². The molecule has 9 heteroatoms. The Hall–Kier alpha value is -3.23. The van der Waals surface area contributed by atoms with Crippen molar-refractivity contribution in [2.75, 3.05) is 11.9 Å². The molecule has 0 spiro atoms. The minimum atomic E-state index is -1.22. The average Bonchev–Trinajstić information content (AvgIpc) is 3.31. The number of aryl methyl sites for hydroxylation is 1. The second-order valence-electron chi connectivity index (χ2n) is 7.47. The number of halogens is 1. The number of nitrogens with zero attached hydrogens (tertiary/aromatic N) is 2. The highest BCUT2D eigenvalue weighted by Gasteiger charge is 2.51. The predicted molar refractivity (Wildman–Crippen MR) is 125 cm³/mol. The monoisotopic (exact) mass is 468 g/mol. The third kappa shape index (κ3) is 4.11. The fourth-order valence-corrected chi connectivity index (χ4v) is 4.49. The molecule has 1 aromatic heterocycles. The van der Waals surface area contributed by atoms with Crippen LogP contribution >= 0.6 is 22.9 Å². The van der Waals surface area contributed by atoms with Crippen LogP contribution < -0.4 is 10.6 Å². The van der Waals surface area contributed by atoms with Crippen LogP contribution in [0.5, 0.6) is 0 Å². The molecule has 4 amide bonds. The van der Waals surface area contributed by atoms with Crippen molar-refractivity contribution in [3.63, 3.8) is 0 Å². The highest BCUT2D eigenvalue weighted by atomic mass is 35.5. The molecule has 1 aliphatic rings. The minimum Gasteiger partial charge on any atom is -0.325 e. The lowest BCUT2D eigenvalue weighted by atomic mass is 9.87. The fourth-order valence-electron chi connectivity index (χ4n) is 3.74. The molecular weight excluding hydrogens is 448 g/mol. The van der Waals surface area contributed by atoms with Crippen molar-refractivity contribution < 1.29 is 14.4 Å². The maximum Gasteiger partial charge on any atom is 0.325 e. The van der Waals surface area contributed by atoms with E-state index in [1.807, 2.05) is 37.4 Å². The van der Waals surface area contributed by atoms with Gasteiger partial charge in [0, 0.05) is 21.7 Å². The lowest BCUT2D eigenvalue weighted by Crippen LogP contribution is -2.44. The Bertz CT molecular complexity index is 1190. The molecule has 7 nitrogen and oxygen atoms in total. The van der Waals surface area contributed by atoms with Crippen LogP contribution in [0.3, 0.4) is 0 Å². The van der Waals surface area contributed by atoms with Crippen LogP contribution in [-0.2, 0) is 15.1 Å². The fraction of sp³-hybridized carbons (Fsp3) is 0.217. The van der Waals surface area contributed by atoms with E-state index in [1.54, 1.807) is 41.7 Å². The molecule has 4 rings (SSSR count). The molecule has 1 saturated heterocycles. The van der Waals surface area contributed by atoms with Gasteiger partial charge in [0.1, 0.15) is 12.1 Å². The summed E-state index contributed by atoms with van der Waals surface area (Å²) in [5, 5.41) is 8.96. The van der Waals surface area contributed by atoms with Crippen LogP contribution in [0.25, 0.3) is 11.3 Å². The highest BCUT2D eigenvalue weighted by Crippen LogP contribution is 2.33. The number of amides is 4. The van der Waals surface area contributed by atoms with Crippen LogP contribution in [-0.4, -0.2) is 34.3 Å². The van der Waals surface area contributed by atoms with Crippen molar-refractivity contribution in [3.05, 3.63) is 69.5 Å². The zero-order valence-corrected chi connectivity index (χ0v) is 19.1. The molecule has 0 radical (unpaired) electrons. The summed E-state index contributed by atoms with van der Waals surface area (Å²) < 4.78 is 0. The van der Waals surface area contributed by atoms with Crippen molar-refractivity contribution in [2.24, 2.45) is 0 Å². The summed E-state index contributed by atoms with van der Waals surface area (Å²) in [7, 11) is 0. The van der Waals surface area contributed by atoms with Gasteiger partial charge in [-0.05, 0) is 43.2 Å². The molecule has 0 bridgehead atoms. The smallest absolute Gasteiger partial charge is 0.325 e. The van der Waals surface area contributed by atoms with Crippen molar-refractivity contribution in [2.45, 2.75) is 25.8 Å². The average molecular weight is 469 g/mol. The van der Waals surface area contributed by atoms with E-state index in [0.29, 0.717) is 22.7 Å². The maximum atomic E-state index is 13.2. The van der Waals surface area contributed by atoms with Gasteiger partial charge in [0.2, 0.25) is 5.91 Å². The normalized spacial score (nSPS) is 18.0. The van der Waals surface area contributed by atoms with E-state index in [4.69, 9.17) is 11.6 Å². The maximum absolute atomic E-state index is 13.2. The van der Waals surface area contributed by atoms with Crippen molar-refractivity contribution in [3.8, 4) is 11.3 Å². The van der Waals surface area contributed by atoms with E-state index in [2.05, 4.69) is 15.6 Å². The molecular formula is C23H21ClN4O3S. The third-order valence-corrected chi connectivity index (χ3v) is 6.43. The largest absolute Gasteiger partial charge is 0.325 e. The molecule has 2 N–H and O–H groups in total. The van der Waals surface area contributed by atoms with Gasteiger partial charge in [0.25, 0.3) is 5.91 Å². The Kier molecular flexibility index (Phi) is 5.99. The number of anilines is 1. The van der Waals surface area contributed by atoms with Gasteiger partial charge in [-0.1, -0.05) is 42.8 Å². The van der Waals surface area contributed by atoms with Crippen molar-refractivity contribution in [1.82, 2.24) is 15.2 Å². The Labute approximate surface area is 194 Å². The zero-order chi connectivity index (χ0) is 22.9. The summed E-state index contributed by atoms with van der Waals surface area (Å²) in [6.07, 6.45) is 0.340. The summed E-state index contributed by atoms with van der Waals surface area (Å²) >= 11 is 7.51. The van der Waals surface area contributed by atoms with E-state index < -0.39 is 23.4 Å². The quantitative estimate of drug-likeness (QED) is 0.518. The standard InChI is InChI=1S/C23H21ClN4O3S/c1-3-23(16-7-9-17(24)10-8-16)21(30)28(22(31)27-23)12-20(29)26-18-6-4-5-15(11-18)19-13-32-14(2)25-19/h4-11,13H,3,12H2,1-2H3,(H,26,29)(H,27,31). The zero-order valence-electron chi connectivity index (χ0n) is 17.5. The minimum absolute atomic E-state index is 0.340. The number of imide groups is 1. The summed E-state index contributed by atoms with van der Waals surface area (Å²) in [6.45, 7) is 3.35. The Morgan fingerprint density at radius 3 is 2.62 bits per heavy atom. The van der Waals surface area contributed by atoms with Gasteiger partial charge < -0.3 is 10.6 Å². The Balaban J connectivity index is 1.49. The summed E-state index contributed by atoms with van der Waals surface area (Å²) in [5.74, 6) is -0.933. The number of carbonyl (C=O) groups excluding carboxylic acids is 3. The lowest BCUT2D eigenvalue weighted by molar-refractivity contribution is -0.134. The molecule has 2 aromatic carbocycles. The lowest BCUT2D eigenvalue weighted by Gasteiger charge is -2.25. The molecule has 1 atom stereocenters. The van der Waals surface area contributed by atoms with E-state index in [-0.39, 0.29) is 6.54 Å². The van der Waals surface area contributed by atoms with Crippen LogP contribution in [0, 0.1) is 6.92 Å². The second kappa shape index (κ2) is 8.72. The Morgan fingerprint density at radius 1 is 1.22 bits per heavy atom. The van der Waals surface area contributed by atoms with E-state index >= 15 is 0 Å². The predicted octanol–water partition coefficient (Wildman–Crippen LogP) is 4.57. The van der Waals surface area contributed by atoms with Gasteiger partial charge >= 0.3 is 6.03 Å². The van der Waals surface area contributed by atoms with Gasteiger partial charge in [0.05, 0.1) is 10.7 Å². The van der Waals surface area contributed by atoms with E-state index in [0.717, 1.165) is 21.2 Å². The van der Waals surface area contributed by atoms with Crippen LogP contribution in [0.15, 0.2) is 53.9 Å². The van der Waals surface area contributed by atoms with Gasteiger partial charge in [-0.15, -0.1) is 11.3 Å². The molecule has 164 valence electrons. The molecule has 2 heterocycles. The third-order valence-electron chi connectivity index (χ3n) is 5.41. The molecule has 1 unspecified atom stereocenters. The van der Waals surface area contributed by atoms with E-state index in [9.17, 15) is 14.4 Å². The number of hydrogen-bond donors (Lipinski definition) is 2. The molecule has 1 aliphatic heterocycles. The molecule has 0 aliphatic carbocycles. The number of carbonyl (C=O) groups is 3. The molecule has 32 heavy (non-hydrogen) atoms. The summed E-state index contributed by atoms with van der Waals surface area (Å²) in [6, 6.07) is 13.4. The van der Waals surface area contributed by atoms with Gasteiger partial charge in [0.15, 0.2) is 0 Å². The number of aromatic nitrogens is 1. The topological polar surface area (TPSA) is 91.4 Å². The first kappa shape index (κ1) is 22.0. The van der Waals surface area contributed by atoms with Crippen molar-refractivity contribution >= 4 is 46.5 Å². The second-order valence-corrected chi connectivity index (χ2v) is 8.97. The number of thiazole rings is 1. The molecule has 3 aromatic rings. The van der Waals surface area contributed by atoms with Gasteiger partial charge in [-0.3, -0.25) is 14.5 Å². The Morgan fingerprint density at radius 2 is 1.97 bits per heavy atom. The summed E-state index contributed by atoms with van der Waals surface area (Å²) in [4.78, 5) is 43.9. The van der Waals surface area contributed by atoms with Gasteiger partial charge in [-0.2, -0.15) is 0 Å². The first-order valence-corrected chi connectivity index (χ1v) is 11.3. The number of nitrogens with one attached hydrogen (secondary N) is 2. The van der Waals surface area contributed by atoms with Crippen molar-refractivity contribution in [1.29, 1.82) is 0 Å². The number of urea groups is 1. The van der Waals surface area contributed by atoms with Crippen LogP contribution in [0.1, 0.15) is 23.9 Å². The van der Waals surface area contributed by atoms with Crippen LogP contribution in [0.2, 0.25) is 5.02 Å². The number of rotatable bonds is 6.